The highest BCUT2D eigenvalue weighted by atomic mass is 16.6. The Morgan fingerprint density at radius 1 is 1.12 bits per heavy atom. The standard InChI is InChI=1S/C20H23NO3/c1-3-14(22)12-21(2)20(23)24-13-19-17-10-6-4-8-15(17)16-9-5-7-11-18(16)19/h4-11,14,19,22H,3,12-13H2,1-2H3/t14-/m1/s1. The summed E-state index contributed by atoms with van der Waals surface area (Å²) in [6.45, 7) is 2.48. The van der Waals surface area contributed by atoms with Gasteiger partial charge in [-0.15, -0.1) is 0 Å². The highest BCUT2D eigenvalue weighted by Gasteiger charge is 2.29. The predicted molar refractivity (Wildman–Crippen MR) is 94.0 cm³/mol. The number of hydrogen-bond donors (Lipinski definition) is 1. The summed E-state index contributed by atoms with van der Waals surface area (Å²) in [6.07, 6.45) is -0.305. The van der Waals surface area contributed by atoms with Gasteiger partial charge in [-0.05, 0) is 28.7 Å². The van der Waals surface area contributed by atoms with Crippen LogP contribution in [-0.4, -0.2) is 42.4 Å². The number of benzene rings is 2. The molecule has 0 radical (unpaired) electrons. The Labute approximate surface area is 142 Å². The molecule has 0 saturated heterocycles. The van der Waals surface area contributed by atoms with E-state index in [0.29, 0.717) is 13.0 Å². The molecule has 1 aliphatic carbocycles. The van der Waals surface area contributed by atoms with Crippen LogP contribution >= 0.6 is 0 Å². The van der Waals surface area contributed by atoms with Crippen molar-refractivity contribution in [1.29, 1.82) is 0 Å². The van der Waals surface area contributed by atoms with Gasteiger partial charge >= 0.3 is 6.09 Å². The molecule has 2 aromatic carbocycles. The van der Waals surface area contributed by atoms with E-state index in [1.54, 1.807) is 7.05 Å². The van der Waals surface area contributed by atoms with E-state index in [9.17, 15) is 9.90 Å². The third-order valence-corrected chi connectivity index (χ3v) is 4.60. The maximum atomic E-state index is 12.2. The third kappa shape index (κ3) is 3.15. The van der Waals surface area contributed by atoms with Gasteiger partial charge in [0.15, 0.2) is 0 Å². The lowest BCUT2D eigenvalue weighted by Gasteiger charge is -2.21. The Hall–Kier alpha value is -2.33. The third-order valence-electron chi connectivity index (χ3n) is 4.60. The molecule has 0 heterocycles. The number of nitrogens with zero attached hydrogens (tertiary/aromatic N) is 1. The van der Waals surface area contributed by atoms with E-state index in [1.807, 2.05) is 31.2 Å². The quantitative estimate of drug-likeness (QED) is 0.913. The largest absolute Gasteiger partial charge is 0.448 e. The maximum absolute atomic E-state index is 12.2. The first-order valence-corrected chi connectivity index (χ1v) is 8.36. The van der Waals surface area contributed by atoms with Gasteiger partial charge in [0.05, 0.1) is 6.10 Å². The Balaban J connectivity index is 1.73. The second kappa shape index (κ2) is 7.05. The molecule has 0 fully saturated rings. The number of rotatable bonds is 5. The normalized spacial score (nSPS) is 14.0. The van der Waals surface area contributed by atoms with E-state index in [-0.39, 0.29) is 12.5 Å². The molecule has 0 aliphatic heterocycles. The number of ether oxygens (including phenoxy) is 1. The lowest BCUT2D eigenvalue weighted by atomic mass is 9.98. The smallest absolute Gasteiger partial charge is 0.409 e. The number of fused-ring (bicyclic) bond motifs is 3. The van der Waals surface area contributed by atoms with Crippen LogP contribution in [0.2, 0.25) is 0 Å². The van der Waals surface area contributed by atoms with Crippen LogP contribution in [0.25, 0.3) is 11.1 Å². The zero-order chi connectivity index (χ0) is 17.1. The summed E-state index contributed by atoms with van der Waals surface area (Å²) < 4.78 is 5.52. The lowest BCUT2D eigenvalue weighted by Crippen LogP contribution is -2.35. The molecule has 1 amide bonds. The van der Waals surface area contributed by atoms with Crippen molar-refractivity contribution >= 4 is 6.09 Å². The summed E-state index contributed by atoms with van der Waals surface area (Å²) >= 11 is 0. The van der Waals surface area contributed by atoms with Gasteiger partial charge in [-0.1, -0.05) is 55.5 Å². The van der Waals surface area contributed by atoms with Gasteiger partial charge in [0, 0.05) is 19.5 Å². The van der Waals surface area contributed by atoms with Crippen LogP contribution in [0, 0.1) is 0 Å². The summed E-state index contributed by atoms with van der Waals surface area (Å²) in [4.78, 5) is 13.6. The first kappa shape index (κ1) is 16.5. The van der Waals surface area contributed by atoms with Gasteiger partial charge < -0.3 is 14.7 Å². The summed E-state index contributed by atoms with van der Waals surface area (Å²) in [7, 11) is 1.65. The van der Waals surface area contributed by atoms with Gasteiger partial charge in [0.25, 0.3) is 0 Å². The molecular weight excluding hydrogens is 302 g/mol. The summed E-state index contributed by atoms with van der Waals surface area (Å²) in [5.74, 6) is 0.0610. The van der Waals surface area contributed by atoms with Crippen molar-refractivity contribution in [2.45, 2.75) is 25.4 Å². The molecule has 0 spiro atoms. The summed E-state index contributed by atoms with van der Waals surface area (Å²) in [5, 5.41) is 9.67. The number of aliphatic hydroxyl groups is 1. The minimum absolute atomic E-state index is 0.0610. The summed E-state index contributed by atoms with van der Waals surface area (Å²) in [5.41, 5.74) is 4.82. The summed E-state index contributed by atoms with van der Waals surface area (Å²) in [6, 6.07) is 16.5. The highest BCUT2D eigenvalue weighted by molar-refractivity contribution is 5.79. The van der Waals surface area contributed by atoms with E-state index in [0.717, 1.165) is 0 Å². The van der Waals surface area contributed by atoms with Gasteiger partial charge in [-0.25, -0.2) is 4.79 Å². The first-order valence-electron chi connectivity index (χ1n) is 8.36. The minimum Gasteiger partial charge on any atom is -0.448 e. The Morgan fingerprint density at radius 3 is 2.21 bits per heavy atom. The zero-order valence-electron chi connectivity index (χ0n) is 14.1. The van der Waals surface area contributed by atoms with Crippen LogP contribution in [-0.2, 0) is 4.74 Å². The van der Waals surface area contributed by atoms with Crippen LogP contribution < -0.4 is 0 Å². The monoisotopic (exact) mass is 325 g/mol. The molecule has 24 heavy (non-hydrogen) atoms. The van der Waals surface area contributed by atoms with Gasteiger partial charge in [-0.2, -0.15) is 0 Å². The Bertz CT molecular complexity index is 683. The fraction of sp³-hybridized carbons (Fsp3) is 0.350. The van der Waals surface area contributed by atoms with E-state index >= 15 is 0 Å². The fourth-order valence-electron chi connectivity index (χ4n) is 3.22. The maximum Gasteiger partial charge on any atom is 0.409 e. The van der Waals surface area contributed by atoms with Crippen LogP contribution in [0.5, 0.6) is 0 Å². The van der Waals surface area contributed by atoms with Crippen LogP contribution in [0.1, 0.15) is 30.4 Å². The molecule has 1 aliphatic rings. The average Bonchev–Trinajstić information content (AvgIpc) is 2.93. The lowest BCUT2D eigenvalue weighted by molar-refractivity contribution is 0.0802. The van der Waals surface area contributed by atoms with E-state index in [1.165, 1.54) is 27.2 Å². The molecule has 1 atom stereocenters. The van der Waals surface area contributed by atoms with Crippen molar-refractivity contribution in [2.24, 2.45) is 0 Å². The number of aliphatic hydroxyl groups excluding tert-OH is 1. The van der Waals surface area contributed by atoms with E-state index < -0.39 is 12.2 Å². The van der Waals surface area contributed by atoms with Crippen LogP contribution in [0.4, 0.5) is 4.79 Å². The van der Waals surface area contributed by atoms with E-state index in [2.05, 4.69) is 24.3 Å². The molecule has 0 aromatic heterocycles. The molecule has 4 heteroatoms. The van der Waals surface area contributed by atoms with Crippen molar-refractivity contribution in [3.8, 4) is 11.1 Å². The van der Waals surface area contributed by atoms with Gasteiger partial charge in [0.1, 0.15) is 6.61 Å². The van der Waals surface area contributed by atoms with Crippen LogP contribution in [0.15, 0.2) is 48.5 Å². The molecule has 0 saturated carbocycles. The predicted octanol–water partition coefficient (Wildman–Crippen LogP) is 3.64. The number of likely N-dealkylation sites (N-methyl/N-ethyl adjacent to an activating group) is 1. The van der Waals surface area contributed by atoms with Crippen molar-refractivity contribution in [3.05, 3.63) is 59.7 Å². The topological polar surface area (TPSA) is 49.8 Å². The van der Waals surface area contributed by atoms with Crippen molar-refractivity contribution in [1.82, 2.24) is 4.90 Å². The second-order valence-corrected chi connectivity index (χ2v) is 6.25. The fourth-order valence-corrected chi connectivity index (χ4v) is 3.22. The molecule has 126 valence electrons. The number of hydrogen-bond acceptors (Lipinski definition) is 3. The van der Waals surface area contributed by atoms with Gasteiger partial charge in [-0.3, -0.25) is 0 Å². The SMILES string of the molecule is CC[C@@H](O)CN(C)C(=O)OCC1c2ccccc2-c2ccccc21. The number of carbonyl (C=O) groups is 1. The molecular formula is C20H23NO3. The molecule has 0 unspecified atom stereocenters. The van der Waals surface area contributed by atoms with E-state index in [4.69, 9.17) is 4.74 Å². The van der Waals surface area contributed by atoms with Crippen molar-refractivity contribution in [2.75, 3.05) is 20.2 Å². The highest BCUT2D eigenvalue weighted by Crippen LogP contribution is 2.44. The molecule has 3 rings (SSSR count). The number of amides is 1. The van der Waals surface area contributed by atoms with Gasteiger partial charge in [0.2, 0.25) is 0 Å². The second-order valence-electron chi connectivity index (χ2n) is 6.25. The zero-order valence-corrected chi connectivity index (χ0v) is 14.1. The Morgan fingerprint density at radius 2 is 1.67 bits per heavy atom. The van der Waals surface area contributed by atoms with Crippen molar-refractivity contribution < 1.29 is 14.6 Å². The first-order chi connectivity index (χ1) is 11.6. The molecule has 2 aromatic rings. The molecule has 0 bridgehead atoms. The molecule has 4 nitrogen and oxygen atoms in total. The number of carbonyl (C=O) groups excluding carboxylic acids is 1. The average molecular weight is 325 g/mol. The molecule has 1 N–H and O–H groups in total. The Kier molecular flexibility index (Phi) is 4.86. The van der Waals surface area contributed by atoms with Crippen LogP contribution in [0.3, 0.4) is 0 Å². The van der Waals surface area contributed by atoms with Crippen molar-refractivity contribution in [3.63, 3.8) is 0 Å². The minimum atomic E-state index is -0.518.